The lowest BCUT2D eigenvalue weighted by atomic mass is 9.96. The minimum Gasteiger partial charge on any atom is -0.497 e. The molecule has 3 aromatic rings. The topological polar surface area (TPSA) is 97.0 Å². The zero-order valence-corrected chi connectivity index (χ0v) is 24.4. The highest BCUT2D eigenvalue weighted by molar-refractivity contribution is 5.99. The van der Waals surface area contributed by atoms with E-state index in [1.54, 1.807) is 81.3 Å². The third-order valence-electron chi connectivity index (χ3n) is 6.76. The summed E-state index contributed by atoms with van der Waals surface area (Å²) in [5, 5.41) is 5.74. The van der Waals surface area contributed by atoms with Crippen molar-refractivity contribution in [1.82, 2.24) is 10.2 Å². The molecule has 2 N–H and O–H groups in total. The molecule has 0 spiro atoms. The van der Waals surface area contributed by atoms with Crippen LogP contribution in [0.3, 0.4) is 0 Å². The molecule has 3 amide bonds. The van der Waals surface area contributed by atoms with E-state index in [-0.39, 0.29) is 12.5 Å². The molecule has 8 nitrogen and oxygen atoms in total. The Kier molecular flexibility index (Phi) is 9.53. The minimum absolute atomic E-state index is 0.200. The maximum atomic E-state index is 14.5. The van der Waals surface area contributed by atoms with Gasteiger partial charge in [0.25, 0.3) is 5.91 Å². The van der Waals surface area contributed by atoms with Crippen molar-refractivity contribution in [1.29, 1.82) is 0 Å². The molecule has 1 aliphatic carbocycles. The first-order valence-corrected chi connectivity index (χ1v) is 14.0. The highest BCUT2D eigenvalue weighted by atomic mass is 16.6. The van der Waals surface area contributed by atoms with Gasteiger partial charge in [0.05, 0.1) is 7.11 Å². The second-order valence-corrected chi connectivity index (χ2v) is 11.2. The van der Waals surface area contributed by atoms with E-state index in [0.717, 1.165) is 18.4 Å². The number of ether oxygens (including phenoxy) is 2. The minimum atomic E-state index is -1.04. The van der Waals surface area contributed by atoms with Crippen LogP contribution < -0.4 is 15.4 Å². The molecule has 1 aliphatic rings. The van der Waals surface area contributed by atoms with Crippen molar-refractivity contribution in [2.75, 3.05) is 12.4 Å². The highest BCUT2D eigenvalue weighted by Gasteiger charge is 2.44. The highest BCUT2D eigenvalue weighted by Crippen LogP contribution is 2.37. The number of hydrogen-bond donors (Lipinski definition) is 2. The van der Waals surface area contributed by atoms with E-state index in [1.165, 1.54) is 0 Å². The molecule has 0 aliphatic heterocycles. The molecule has 2 atom stereocenters. The van der Waals surface area contributed by atoms with Crippen LogP contribution in [0.1, 0.15) is 56.3 Å². The molecule has 3 aromatic carbocycles. The van der Waals surface area contributed by atoms with Gasteiger partial charge in [-0.05, 0) is 75.1 Å². The fourth-order valence-corrected chi connectivity index (χ4v) is 4.72. The number of carbonyl (C=O) groups excluding carboxylic acids is 3. The third kappa shape index (κ3) is 7.91. The molecule has 218 valence electrons. The van der Waals surface area contributed by atoms with E-state index < -0.39 is 35.6 Å². The Balaban J connectivity index is 1.74. The van der Waals surface area contributed by atoms with E-state index in [4.69, 9.17) is 15.9 Å². The van der Waals surface area contributed by atoms with Gasteiger partial charge in [0, 0.05) is 23.7 Å². The van der Waals surface area contributed by atoms with Crippen molar-refractivity contribution in [3.05, 3.63) is 95.6 Å². The van der Waals surface area contributed by atoms with Crippen molar-refractivity contribution in [3.63, 3.8) is 0 Å². The number of carbonyl (C=O) groups is 3. The summed E-state index contributed by atoms with van der Waals surface area (Å²) in [5.74, 6) is 2.50. The van der Waals surface area contributed by atoms with Crippen LogP contribution in [0, 0.1) is 12.3 Å². The summed E-state index contributed by atoms with van der Waals surface area (Å²) < 4.78 is 10.7. The number of nitrogens with zero attached hydrogens (tertiary/aromatic N) is 1. The summed E-state index contributed by atoms with van der Waals surface area (Å²) in [6.07, 6.45) is 6.80. The van der Waals surface area contributed by atoms with Crippen molar-refractivity contribution in [3.8, 4) is 18.1 Å². The van der Waals surface area contributed by atoms with Crippen LogP contribution in [0.5, 0.6) is 5.75 Å². The lowest BCUT2D eigenvalue weighted by Crippen LogP contribution is -2.54. The molecule has 0 heterocycles. The number of anilines is 1. The fraction of sp³-hybridized carbons (Fsp3) is 0.324. The van der Waals surface area contributed by atoms with Gasteiger partial charge in [0.1, 0.15) is 23.4 Å². The summed E-state index contributed by atoms with van der Waals surface area (Å²) in [5.41, 5.74) is 1.67. The molecular weight excluding hydrogens is 530 g/mol. The molecule has 0 saturated heterocycles. The van der Waals surface area contributed by atoms with Gasteiger partial charge in [-0.25, -0.2) is 4.79 Å². The van der Waals surface area contributed by atoms with Crippen LogP contribution in [-0.4, -0.2) is 47.6 Å². The van der Waals surface area contributed by atoms with Gasteiger partial charge >= 0.3 is 6.09 Å². The normalized spacial score (nSPS) is 14.1. The zero-order chi connectivity index (χ0) is 30.3. The van der Waals surface area contributed by atoms with Gasteiger partial charge in [-0.15, -0.1) is 6.42 Å². The second kappa shape index (κ2) is 13.3. The van der Waals surface area contributed by atoms with E-state index >= 15 is 0 Å². The molecule has 1 fully saturated rings. The van der Waals surface area contributed by atoms with Crippen molar-refractivity contribution >= 4 is 23.6 Å². The Bertz CT molecular complexity index is 1440. The molecule has 0 aromatic heterocycles. The van der Waals surface area contributed by atoms with Crippen LogP contribution in [-0.2, 0) is 20.7 Å². The maximum absolute atomic E-state index is 14.5. The van der Waals surface area contributed by atoms with E-state index in [2.05, 4.69) is 16.6 Å². The van der Waals surface area contributed by atoms with Crippen LogP contribution in [0.25, 0.3) is 0 Å². The first-order valence-electron chi connectivity index (χ1n) is 14.0. The van der Waals surface area contributed by atoms with Crippen LogP contribution in [0.15, 0.2) is 78.9 Å². The van der Waals surface area contributed by atoms with Crippen molar-refractivity contribution < 1.29 is 23.9 Å². The lowest BCUT2D eigenvalue weighted by molar-refractivity contribution is -0.141. The Morgan fingerprint density at radius 2 is 1.62 bits per heavy atom. The smallest absolute Gasteiger partial charge is 0.408 e. The van der Waals surface area contributed by atoms with Crippen molar-refractivity contribution in [2.45, 2.75) is 63.8 Å². The van der Waals surface area contributed by atoms with Crippen LogP contribution in [0.4, 0.5) is 10.5 Å². The summed E-state index contributed by atoms with van der Waals surface area (Å²) in [6.45, 7) is 5.27. The van der Waals surface area contributed by atoms with E-state index in [0.29, 0.717) is 22.6 Å². The van der Waals surface area contributed by atoms with Gasteiger partial charge in [0.15, 0.2) is 0 Å². The van der Waals surface area contributed by atoms with Gasteiger partial charge < -0.3 is 25.0 Å². The molecule has 0 radical (unpaired) electrons. The lowest BCUT2D eigenvalue weighted by Gasteiger charge is -2.35. The summed E-state index contributed by atoms with van der Waals surface area (Å²) >= 11 is 0. The van der Waals surface area contributed by atoms with E-state index in [9.17, 15) is 14.4 Å². The number of nitrogens with one attached hydrogen (secondary N) is 2. The Hall–Kier alpha value is -4.77. The number of amides is 3. The number of hydrogen-bond acceptors (Lipinski definition) is 5. The average Bonchev–Trinajstić information content (AvgIpc) is 3.80. The van der Waals surface area contributed by atoms with Gasteiger partial charge in [-0.2, -0.15) is 0 Å². The first-order chi connectivity index (χ1) is 20.1. The zero-order valence-electron chi connectivity index (χ0n) is 24.4. The number of methoxy groups -OCH3 is 1. The largest absolute Gasteiger partial charge is 0.497 e. The maximum Gasteiger partial charge on any atom is 0.408 e. The standard InChI is InChI=1S/C34H37N3O5/c1-6-24-14-10-11-15-28(24)30(31(38)35-25-16-20-27(41-5)21-17-25)37(26-18-19-26)32(39)29(22-23-12-8-7-9-13-23)36-33(40)42-34(2,3)4/h1,7-17,20-21,26,29-30H,18-19,22H2,2-5H3,(H,35,38)(H,36,40). The van der Waals surface area contributed by atoms with Gasteiger partial charge in [0.2, 0.25) is 5.91 Å². The molecular formula is C34H37N3O5. The Morgan fingerprint density at radius 1 is 0.976 bits per heavy atom. The number of terminal acetylenes is 1. The van der Waals surface area contributed by atoms with Crippen LogP contribution >= 0.6 is 0 Å². The average molecular weight is 568 g/mol. The molecule has 42 heavy (non-hydrogen) atoms. The monoisotopic (exact) mass is 567 g/mol. The summed E-state index contributed by atoms with van der Waals surface area (Å²) in [7, 11) is 1.57. The molecule has 4 rings (SSSR count). The third-order valence-corrected chi connectivity index (χ3v) is 6.76. The Labute approximate surface area is 247 Å². The molecule has 8 heteroatoms. The number of benzene rings is 3. The van der Waals surface area contributed by atoms with E-state index in [1.807, 2.05) is 30.3 Å². The van der Waals surface area contributed by atoms with Crippen LogP contribution in [0.2, 0.25) is 0 Å². The van der Waals surface area contributed by atoms with Gasteiger partial charge in [-0.3, -0.25) is 9.59 Å². The fourth-order valence-electron chi connectivity index (χ4n) is 4.72. The molecule has 0 bridgehead atoms. The van der Waals surface area contributed by atoms with Crippen molar-refractivity contribution in [2.24, 2.45) is 0 Å². The predicted octanol–water partition coefficient (Wildman–Crippen LogP) is 5.48. The quantitative estimate of drug-likeness (QED) is 0.316. The summed E-state index contributed by atoms with van der Waals surface area (Å²) in [4.78, 5) is 43.1. The first kappa shape index (κ1) is 30.2. The second-order valence-electron chi connectivity index (χ2n) is 11.2. The predicted molar refractivity (Wildman–Crippen MR) is 162 cm³/mol. The Morgan fingerprint density at radius 3 is 2.21 bits per heavy atom. The number of rotatable bonds is 10. The SMILES string of the molecule is C#Cc1ccccc1C(C(=O)Nc1ccc(OC)cc1)N(C(=O)C(Cc1ccccc1)NC(=O)OC(C)(C)C)C1CC1. The molecule has 2 unspecified atom stereocenters. The van der Waals surface area contributed by atoms with Gasteiger partial charge in [-0.1, -0.05) is 54.5 Å². The summed E-state index contributed by atoms with van der Waals surface area (Å²) in [6, 6.07) is 21.2. The number of alkyl carbamates (subject to hydrolysis) is 1. The molecule has 1 saturated carbocycles.